The summed E-state index contributed by atoms with van der Waals surface area (Å²) in [6, 6.07) is 17.8. The number of benzene rings is 3. The van der Waals surface area contributed by atoms with Gasteiger partial charge in [0.15, 0.2) is 11.5 Å². The minimum absolute atomic E-state index is 0.0657. The molecule has 0 unspecified atom stereocenters. The van der Waals surface area contributed by atoms with Crippen molar-refractivity contribution < 1.29 is 14.4 Å². The SMILES string of the molecule is CCOc1cc(CNc2ccc([N+](=O)[O-])cc2)cc(I)c1OCc1ccc(Cl)cc1. The smallest absolute Gasteiger partial charge is 0.269 e. The maximum absolute atomic E-state index is 10.8. The zero-order chi connectivity index (χ0) is 21.5. The van der Waals surface area contributed by atoms with Crippen LogP contribution in [0.3, 0.4) is 0 Å². The molecule has 0 aliphatic rings. The molecule has 0 heterocycles. The Morgan fingerprint density at radius 1 is 1.03 bits per heavy atom. The predicted octanol–water partition coefficient (Wildman–Crippen LogP) is 6.44. The van der Waals surface area contributed by atoms with Crippen molar-refractivity contribution in [2.75, 3.05) is 11.9 Å². The average Bonchev–Trinajstić information content (AvgIpc) is 2.73. The molecule has 0 atom stereocenters. The molecule has 30 heavy (non-hydrogen) atoms. The summed E-state index contributed by atoms with van der Waals surface area (Å²) in [5, 5.41) is 14.7. The van der Waals surface area contributed by atoms with Crippen LogP contribution in [0.5, 0.6) is 11.5 Å². The van der Waals surface area contributed by atoms with E-state index in [4.69, 9.17) is 21.1 Å². The molecule has 0 saturated heterocycles. The van der Waals surface area contributed by atoms with E-state index in [1.165, 1.54) is 12.1 Å². The molecule has 3 rings (SSSR count). The number of nitrogens with zero attached hydrogens (tertiary/aromatic N) is 1. The Kier molecular flexibility index (Phi) is 7.75. The van der Waals surface area contributed by atoms with Gasteiger partial charge in [0.05, 0.1) is 15.1 Å². The highest BCUT2D eigenvalue weighted by Gasteiger charge is 2.13. The number of nitro benzene ring substituents is 1. The predicted molar refractivity (Wildman–Crippen MR) is 127 cm³/mol. The lowest BCUT2D eigenvalue weighted by molar-refractivity contribution is -0.384. The van der Waals surface area contributed by atoms with E-state index in [1.54, 1.807) is 12.1 Å². The van der Waals surface area contributed by atoms with Gasteiger partial charge in [-0.15, -0.1) is 0 Å². The van der Waals surface area contributed by atoms with Gasteiger partial charge in [-0.1, -0.05) is 23.7 Å². The number of ether oxygens (including phenoxy) is 2. The lowest BCUT2D eigenvalue weighted by atomic mass is 10.2. The summed E-state index contributed by atoms with van der Waals surface area (Å²) >= 11 is 8.17. The highest BCUT2D eigenvalue weighted by atomic mass is 127. The van der Waals surface area contributed by atoms with Crippen LogP contribution in [0.25, 0.3) is 0 Å². The van der Waals surface area contributed by atoms with E-state index in [9.17, 15) is 10.1 Å². The molecule has 8 heteroatoms. The number of rotatable bonds is 9. The number of halogens is 2. The molecular weight excluding hydrogens is 519 g/mol. The first-order chi connectivity index (χ1) is 14.5. The van der Waals surface area contributed by atoms with Crippen molar-refractivity contribution >= 4 is 45.6 Å². The summed E-state index contributed by atoms with van der Waals surface area (Å²) in [7, 11) is 0. The van der Waals surface area contributed by atoms with Gasteiger partial charge in [-0.2, -0.15) is 0 Å². The zero-order valence-electron chi connectivity index (χ0n) is 16.2. The van der Waals surface area contributed by atoms with Gasteiger partial charge in [-0.05, 0) is 77.0 Å². The van der Waals surface area contributed by atoms with Gasteiger partial charge in [0, 0.05) is 29.4 Å². The molecule has 0 aliphatic carbocycles. The molecule has 0 radical (unpaired) electrons. The van der Waals surface area contributed by atoms with Crippen LogP contribution < -0.4 is 14.8 Å². The van der Waals surface area contributed by atoms with Crippen LogP contribution in [-0.4, -0.2) is 11.5 Å². The van der Waals surface area contributed by atoms with Gasteiger partial charge in [-0.3, -0.25) is 10.1 Å². The molecule has 0 spiro atoms. The summed E-state index contributed by atoms with van der Waals surface area (Å²) in [4.78, 5) is 10.4. The maximum Gasteiger partial charge on any atom is 0.269 e. The number of non-ortho nitro benzene ring substituents is 1. The lowest BCUT2D eigenvalue weighted by Gasteiger charge is -2.16. The Morgan fingerprint density at radius 3 is 2.37 bits per heavy atom. The summed E-state index contributed by atoms with van der Waals surface area (Å²) in [6.07, 6.45) is 0. The number of nitrogens with one attached hydrogen (secondary N) is 1. The van der Waals surface area contributed by atoms with E-state index in [0.29, 0.717) is 36.3 Å². The molecule has 156 valence electrons. The fraction of sp³-hybridized carbons (Fsp3) is 0.182. The second-order valence-electron chi connectivity index (χ2n) is 6.41. The third-order valence-electron chi connectivity index (χ3n) is 4.24. The quantitative estimate of drug-likeness (QED) is 0.193. The molecule has 0 saturated carbocycles. The largest absolute Gasteiger partial charge is 0.490 e. The monoisotopic (exact) mass is 538 g/mol. The fourth-order valence-electron chi connectivity index (χ4n) is 2.77. The maximum atomic E-state index is 10.8. The van der Waals surface area contributed by atoms with Crippen molar-refractivity contribution in [3.05, 3.63) is 90.5 Å². The number of nitro groups is 1. The molecule has 0 bridgehead atoms. The fourth-order valence-corrected chi connectivity index (χ4v) is 3.72. The Hall–Kier alpha value is -2.52. The van der Waals surface area contributed by atoms with Crippen molar-refractivity contribution in [1.29, 1.82) is 0 Å². The summed E-state index contributed by atoms with van der Waals surface area (Å²) in [6.45, 7) is 3.41. The average molecular weight is 539 g/mol. The van der Waals surface area contributed by atoms with Crippen molar-refractivity contribution in [3.63, 3.8) is 0 Å². The Balaban J connectivity index is 1.71. The third-order valence-corrected chi connectivity index (χ3v) is 5.29. The van der Waals surface area contributed by atoms with E-state index >= 15 is 0 Å². The molecule has 0 amide bonds. The van der Waals surface area contributed by atoms with Crippen molar-refractivity contribution in [2.24, 2.45) is 0 Å². The van der Waals surface area contributed by atoms with Crippen molar-refractivity contribution in [2.45, 2.75) is 20.1 Å². The van der Waals surface area contributed by atoms with Gasteiger partial charge < -0.3 is 14.8 Å². The normalized spacial score (nSPS) is 10.5. The van der Waals surface area contributed by atoms with Crippen molar-refractivity contribution in [3.8, 4) is 11.5 Å². The molecule has 0 aliphatic heterocycles. The van der Waals surface area contributed by atoms with Gasteiger partial charge in [0.1, 0.15) is 6.61 Å². The molecule has 3 aromatic rings. The van der Waals surface area contributed by atoms with Crippen LogP contribution in [0.2, 0.25) is 5.02 Å². The second-order valence-corrected chi connectivity index (χ2v) is 8.01. The number of anilines is 1. The van der Waals surface area contributed by atoms with Gasteiger partial charge in [-0.25, -0.2) is 0 Å². The summed E-state index contributed by atoms with van der Waals surface area (Å²) < 4.78 is 12.8. The Labute approximate surface area is 193 Å². The van der Waals surface area contributed by atoms with Gasteiger partial charge in [0.25, 0.3) is 5.69 Å². The standard InChI is InChI=1S/C22H20ClIN2O4/c1-2-29-21-12-16(13-25-18-7-9-19(10-8-18)26(27)28)11-20(24)22(21)30-14-15-3-5-17(23)6-4-15/h3-12,25H,2,13-14H2,1H3. The zero-order valence-corrected chi connectivity index (χ0v) is 19.1. The van der Waals surface area contributed by atoms with E-state index in [0.717, 1.165) is 20.4 Å². The van der Waals surface area contributed by atoms with Crippen LogP contribution in [0.15, 0.2) is 60.7 Å². The summed E-state index contributed by atoms with van der Waals surface area (Å²) in [5.41, 5.74) is 2.90. The van der Waals surface area contributed by atoms with E-state index < -0.39 is 4.92 Å². The first kappa shape index (κ1) is 22.2. The van der Waals surface area contributed by atoms with Crippen molar-refractivity contribution in [1.82, 2.24) is 0 Å². The molecule has 1 N–H and O–H groups in total. The molecular formula is C22H20ClIN2O4. The van der Waals surface area contributed by atoms with Gasteiger partial charge in [0.2, 0.25) is 0 Å². The number of hydrogen-bond donors (Lipinski definition) is 1. The number of hydrogen-bond acceptors (Lipinski definition) is 5. The molecule has 0 fully saturated rings. The molecule has 6 nitrogen and oxygen atoms in total. The lowest BCUT2D eigenvalue weighted by Crippen LogP contribution is -2.05. The van der Waals surface area contributed by atoms with Gasteiger partial charge >= 0.3 is 0 Å². The minimum atomic E-state index is -0.413. The molecule has 0 aromatic heterocycles. The van der Waals surface area contributed by atoms with E-state index in [-0.39, 0.29) is 5.69 Å². The van der Waals surface area contributed by atoms with Crippen LogP contribution in [0, 0.1) is 13.7 Å². The third kappa shape index (κ3) is 5.99. The highest BCUT2D eigenvalue weighted by molar-refractivity contribution is 14.1. The topological polar surface area (TPSA) is 73.6 Å². The van der Waals surface area contributed by atoms with Crippen LogP contribution in [0.1, 0.15) is 18.1 Å². The first-order valence-electron chi connectivity index (χ1n) is 9.27. The highest BCUT2D eigenvalue weighted by Crippen LogP contribution is 2.35. The Bertz CT molecular complexity index is 1010. The van der Waals surface area contributed by atoms with E-state index in [1.807, 2.05) is 43.3 Å². The minimum Gasteiger partial charge on any atom is -0.490 e. The van der Waals surface area contributed by atoms with Crippen LogP contribution in [0.4, 0.5) is 11.4 Å². The summed E-state index contributed by atoms with van der Waals surface area (Å²) in [5.74, 6) is 1.38. The van der Waals surface area contributed by atoms with Crippen LogP contribution >= 0.6 is 34.2 Å². The molecule has 3 aromatic carbocycles. The van der Waals surface area contributed by atoms with E-state index in [2.05, 4.69) is 27.9 Å². The first-order valence-corrected chi connectivity index (χ1v) is 10.7. The second kappa shape index (κ2) is 10.5. The Morgan fingerprint density at radius 2 is 1.73 bits per heavy atom. The van der Waals surface area contributed by atoms with Crippen LogP contribution in [-0.2, 0) is 13.2 Å².